The lowest BCUT2D eigenvalue weighted by molar-refractivity contribution is -0.125. The summed E-state index contributed by atoms with van der Waals surface area (Å²) in [6.07, 6.45) is 5.01. The number of furan rings is 1. The maximum Gasteiger partial charge on any atom is 0.338 e. The van der Waals surface area contributed by atoms with E-state index >= 15 is 0 Å². The van der Waals surface area contributed by atoms with Gasteiger partial charge in [-0.3, -0.25) is 4.79 Å². The second-order valence-electron chi connectivity index (χ2n) is 5.38. The number of nitrogens with one attached hydrogen (secondary N) is 1. The number of carbonyl (C=O) groups excluding carboxylic acids is 2. The van der Waals surface area contributed by atoms with Crippen molar-refractivity contribution in [3.05, 3.63) is 72.4 Å². The van der Waals surface area contributed by atoms with E-state index in [1.807, 2.05) is 6.07 Å². The molecule has 0 aliphatic carbocycles. The first-order valence-corrected chi connectivity index (χ1v) is 7.73. The maximum atomic E-state index is 12.0. The van der Waals surface area contributed by atoms with Gasteiger partial charge in [-0.1, -0.05) is 0 Å². The van der Waals surface area contributed by atoms with Crippen molar-refractivity contribution in [3.63, 3.8) is 0 Å². The average molecular weight is 339 g/mol. The predicted molar refractivity (Wildman–Crippen MR) is 89.1 cm³/mol. The van der Waals surface area contributed by atoms with Crippen molar-refractivity contribution < 1.29 is 18.7 Å². The fourth-order valence-corrected chi connectivity index (χ4v) is 2.28. The molecule has 3 rings (SSSR count). The van der Waals surface area contributed by atoms with Crippen molar-refractivity contribution in [2.75, 3.05) is 6.61 Å². The van der Waals surface area contributed by atoms with Crippen LogP contribution in [0.3, 0.4) is 0 Å². The molecule has 7 nitrogen and oxygen atoms in total. The third-order valence-corrected chi connectivity index (χ3v) is 3.55. The second-order valence-corrected chi connectivity index (χ2v) is 5.38. The highest BCUT2D eigenvalue weighted by atomic mass is 16.5. The summed E-state index contributed by atoms with van der Waals surface area (Å²) in [6.45, 7) is 1.43. The molecule has 2 aromatic heterocycles. The molecule has 2 heterocycles. The maximum absolute atomic E-state index is 12.0. The van der Waals surface area contributed by atoms with Crippen LogP contribution in [0.25, 0.3) is 5.69 Å². The van der Waals surface area contributed by atoms with Crippen LogP contribution in [0.2, 0.25) is 0 Å². The lowest BCUT2D eigenvalue weighted by Gasteiger charge is -2.11. The van der Waals surface area contributed by atoms with E-state index in [-0.39, 0.29) is 12.6 Å². The fraction of sp³-hybridized carbons (Fsp3) is 0.167. The number of ether oxygens (including phenoxy) is 1. The number of carbonyl (C=O) groups is 2. The molecule has 0 bridgehead atoms. The number of hydrogen-bond donors (Lipinski definition) is 1. The Morgan fingerprint density at radius 1 is 1.24 bits per heavy atom. The van der Waals surface area contributed by atoms with Crippen molar-refractivity contribution in [1.82, 2.24) is 15.1 Å². The normalized spacial score (nSPS) is 11.7. The molecule has 0 saturated heterocycles. The topological polar surface area (TPSA) is 86.4 Å². The minimum absolute atomic E-state index is 0.297. The highest BCUT2D eigenvalue weighted by Gasteiger charge is 2.14. The Bertz CT molecular complexity index is 824. The Morgan fingerprint density at radius 3 is 2.68 bits per heavy atom. The van der Waals surface area contributed by atoms with E-state index in [2.05, 4.69) is 10.4 Å². The Balaban J connectivity index is 1.51. The molecule has 1 atom stereocenters. The molecule has 0 radical (unpaired) electrons. The minimum Gasteiger partial charge on any atom is -0.467 e. The molecule has 1 amide bonds. The average Bonchev–Trinajstić information content (AvgIpc) is 3.33. The number of hydrogen-bond acceptors (Lipinski definition) is 5. The molecule has 25 heavy (non-hydrogen) atoms. The van der Waals surface area contributed by atoms with Gasteiger partial charge in [-0.05, 0) is 49.4 Å². The van der Waals surface area contributed by atoms with E-state index < -0.39 is 11.9 Å². The second kappa shape index (κ2) is 7.48. The Hall–Kier alpha value is -3.35. The molecule has 0 fully saturated rings. The van der Waals surface area contributed by atoms with Gasteiger partial charge in [0.05, 0.1) is 23.6 Å². The van der Waals surface area contributed by atoms with E-state index in [0.717, 1.165) is 5.69 Å². The molecule has 0 aliphatic heterocycles. The summed E-state index contributed by atoms with van der Waals surface area (Å²) in [5.74, 6) is -0.327. The van der Waals surface area contributed by atoms with Crippen LogP contribution in [0.4, 0.5) is 0 Å². The van der Waals surface area contributed by atoms with Gasteiger partial charge in [-0.15, -0.1) is 0 Å². The van der Waals surface area contributed by atoms with E-state index in [4.69, 9.17) is 9.15 Å². The van der Waals surface area contributed by atoms with Crippen LogP contribution in [0.5, 0.6) is 0 Å². The molecule has 0 aliphatic rings. The fourth-order valence-electron chi connectivity index (χ4n) is 2.28. The van der Waals surface area contributed by atoms with Crippen LogP contribution >= 0.6 is 0 Å². The van der Waals surface area contributed by atoms with Gasteiger partial charge in [0, 0.05) is 12.4 Å². The number of amides is 1. The van der Waals surface area contributed by atoms with Crippen molar-refractivity contribution in [3.8, 4) is 5.69 Å². The van der Waals surface area contributed by atoms with Crippen molar-refractivity contribution in [2.45, 2.75) is 13.0 Å². The summed E-state index contributed by atoms with van der Waals surface area (Å²) in [6, 6.07) is 11.8. The molecule has 0 unspecified atom stereocenters. The zero-order valence-corrected chi connectivity index (χ0v) is 13.6. The van der Waals surface area contributed by atoms with Crippen LogP contribution < -0.4 is 5.32 Å². The number of rotatable bonds is 6. The van der Waals surface area contributed by atoms with Crippen LogP contribution in [0.1, 0.15) is 29.1 Å². The van der Waals surface area contributed by atoms with Gasteiger partial charge < -0.3 is 14.5 Å². The quantitative estimate of drug-likeness (QED) is 0.697. The van der Waals surface area contributed by atoms with E-state index in [9.17, 15) is 9.59 Å². The third-order valence-electron chi connectivity index (χ3n) is 3.55. The third kappa shape index (κ3) is 4.14. The highest BCUT2D eigenvalue weighted by Crippen LogP contribution is 2.12. The molecular weight excluding hydrogens is 322 g/mol. The molecule has 7 heteroatoms. The van der Waals surface area contributed by atoms with Crippen molar-refractivity contribution in [2.24, 2.45) is 0 Å². The summed E-state index contributed by atoms with van der Waals surface area (Å²) >= 11 is 0. The smallest absolute Gasteiger partial charge is 0.338 e. The van der Waals surface area contributed by atoms with Crippen molar-refractivity contribution in [1.29, 1.82) is 0 Å². The summed E-state index contributed by atoms with van der Waals surface area (Å²) in [5, 5.41) is 6.80. The summed E-state index contributed by atoms with van der Waals surface area (Å²) < 4.78 is 11.9. The molecule has 1 aromatic carbocycles. The monoisotopic (exact) mass is 339 g/mol. The van der Waals surface area contributed by atoms with Gasteiger partial charge in [0.1, 0.15) is 5.76 Å². The molecule has 0 spiro atoms. The summed E-state index contributed by atoms with van der Waals surface area (Å²) in [4.78, 5) is 23.9. The van der Waals surface area contributed by atoms with Crippen LogP contribution in [0.15, 0.2) is 65.5 Å². The molecular formula is C18H17N3O4. The first-order chi connectivity index (χ1) is 12.1. The van der Waals surface area contributed by atoms with Gasteiger partial charge in [0.2, 0.25) is 0 Å². The Labute approximate surface area is 144 Å². The SMILES string of the molecule is C[C@@H](NC(=O)COC(=O)c1ccc(-n2cccn2)cc1)c1ccco1. The van der Waals surface area contributed by atoms with Crippen molar-refractivity contribution >= 4 is 11.9 Å². The highest BCUT2D eigenvalue weighted by molar-refractivity contribution is 5.91. The van der Waals surface area contributed by atoms with Crippen LogP contribution in [0, 0.1) is 0 Å². The minimum atomic E-state index is -0.562. The largest absolute Gasteiger partial charge is 0.467 e. The lowest BCUT2D eigenvalue weighted by atomic mass is 10.2. The summed E-state index contributed by atoms with van der Waals surface area (Å²) in [5.41, 5.74) is 1.19. The number of esters is 1. The van der Waals surface area contributed by atoms with Gasteiger partial charge in [-0.2, -0.15) is 5.10 Å². The Morgan fingerprint density at radius 2 is 2.04 bits per heavy atom. The number of nitrogens with zero attached hydrogens (tertiary/aromatic N) is 2. The van der Waals surface area contributed by atoms with Crippen LogP contribution in [-0.4, -0.2) is 28.3 Å². The number of benzene rings is 1. The van der Waals surface area contributed by atoms with Crippen LogP contribution in [-0.2, 0) is 9.53 Å². The predicted octanol–water partition coefficient (Wildman–Crippen LogP) is 2.50. The lowest BCUT2D eigenvalue weighted by Crippen LogP contribution is -2.30. The van der Waals surface area contributed by atoms with Gasteiger partial charge >= 0.3 is 5.97 Å². The molecule has 3 aromatic rings. The Kier molecular flexibility index (Phi) is 4.94. The van der Waals surface area contributed by atoms with Gasteiger partial charge in [0.25, 0.3) is 5.91 Å². The van der Waals surface area contributed by atoms with Gasteiger partial charge in [0.15, 0.2) is 6.61 Å². The molecule has 128 valence electrons. The van der Waals surface area contributed by atoms with E-state index in [1.54, 1.807) is 60.4 Å². The standard InChI is InChI=1S/C18H17N3O4/c1-13(16-4-2-11-24-16)20-17(22)12-25-18(23)14-5-7-15(8-6-14)21-10-3-9-19-21/h2-11,13H,12H2,1H3,(H,20,22)/t13-/m1/s1. The number of aromatic nitrogens is 2. The van der Waals surface area contributed by atoms with E-state index in [1.165, 1.54) is 6.26 Å². The van der Waals surface area contributed by atoms with E-state index in [0.29, 0.717) is 11.3 Å². The zero-order valence-electron chi connectivity index (χ0n) is 13.6. The first-order valence-electron chi connectivity index (χ1n) is 7.73. The molecule has 0 saturated carbocycles. The first kappa shape index (κ1) is 16.5. The van der Waals surface area contributed by atoms with Gasteiger partial charge in [-0.25, -0.2) is 9.48 Å². The zero-order chi connectivity index (χ0) is 17.6. The molecule has 1 N–H and O–H groups in total. The summed E-state index contributed by atoms with van der Waals surface area (Å²) in [7, 11) is 0.